The highest BCUT2D eigenvalue weighted by Gasteiger charge is 2.20. The van der Waals surface area contributed by atoms with Crippen LogP contribution in [0.25, 0.3) is 0 Å². The van der Waals surface area contributed by atoms with Crippen LogP contribution >= 0.6 is 11.8 Å². The minimum atomic E-state index is -0.246. The second-order valence-electron chi connectivity index (χ2n) is 5.36. The number of thioether (sulfide) groups is 1. The first kappa shape index (κ1) is 18.1. The van der Waals surface area contributed by atoms with Crippen molar-refractivity contribution in [3.63, 3.8) is 0 Å². The molecular weight excluding hydrogens is 286 g/mol. The molecule has 122 valence electrons. The number of primary amides is 1. The van der Waals surface area contributed by atoms with Crippen LogP contribution in [0.3, 0.4) is 0 Å². The lowest BCUT2D eigenvalue weighted by Gasteiger charge is -2.32. The number of guanidine groups is 1. The molecule has 0 atom stereocenters. The van der Waals surface area contributed by atoms with Gasteiger partial charge in [0.1, 0.15) is 0 Å². The average Bonchev–Trinajstić information content (AvgIpc) is 2.47. The van der Waals surface area contributed by atoms with Crippen LogP contribution in [-0.2, 0) is 4.79 Å². The fraction of sp³-hybridized carbons (Fsp3) is 0.857. The summed E-state index contributed by atoms with van der Waals surface area (Å²) in [5.74, 6) is 1.85. The molecule has 0 aromatic carbocycles. The quantitative estimate of drug-likeness (QED) is 0.340. The van der Waals surface area contributed by atoms with Crippen LogP contribution in [0.5, 0.6) is 0 Å². The number of aliphatic imine (C=N–C) groups is 1. The normalized spacial score (nSPS) is 17.7. The van der Waals surface area contributed by atoms with Gasteiger partial charge in [0, 0.05) is 32.7 Å². The number of likely N-dealkylation sites (tertiary alicyclic amines) is 1. The number of carbonyl (C=O) groups excluding carboxylic acids is 1. The van der Waals surface area contributed by atoms with E-state index >= 15 is 0 Å². The smallest absolute Gasteiger partial charge is 0.231 e. The summed E-state index contributed by atoms with van der Waals surface area (Å²) in [5, 5.41) is 6.82. The largest absolute Gasteiger partial charge is 0.369 e. The highest BCUT2D eigenvalue weighted by Crippen LogP contribution is 2.09. The van der Waals surface area contributed by atoms with Gasteiger partial charge in [-0.05, 0) is 37.7 Å². The van der Waals surface area contributed by atoms with Crippen molar-refractivity contribution in [1.82, 2.24) is 15.5 Å². The fourth-order valence-corrected chi connectivity index (χ4v) is 2.91. The van der Waals surface area contributed by atoms with Crippen LogP contribution in [0.4, 0.5) is 0 Å². The maximum atomic E-state index is 10.9. The standard InChI is InChI=1S/C14H29N5OS/c1-16-14(17-7-3-4-10-21-2)18-12-5-8-19(9-6-12)11-13(15)20/h12H,3-11H2,1-2H3,(H2,15,20)(H2,16,17,18). The van der Waals surface area contributed by atoms with E-state index in [4.69, 9.17) is 5.73 Å². The lowest BCUT2D eigenvalue weighted by atomic mass is 10.1. The molecule has 1 saturated heterocycles. The van der Waals surface area contributed by atoms with E-state index in [-0.39, 0.29) is 5.91 Å². The van der Waals surface area contributed by atoms with Gasteiger partial charge in [-0.25, -0.2) is 0 Å². The second kappa shape index (κ2) is 10.7. The fourth-order valence-electron chi connectivity index (χ4n) is 2.42. The molecule has 1 heterocycles. The van der Waals surface area contributed by atoms with E-state index in [1.165, 1.54) is 18.6 Å². The molecule has 1 aliphatic heterocycles. The summed E-state index contributed by atoms with van der Waals surface area (Å²) in [6.45, 7) is 3.15. The summed E-state index contributed by atoms with van der Waals surface area (Å²) in [5.41, 5.74) is 5.22. The van der Waals surface area contributed by atoms with E-state index in [0.29, 0.717) is 12.6 Å². The van der Waals surface area contributed by atoms with Gasteiger partial charge in [0.05, 0.1) is 6.54 Å². The van der Waals surface area contributed by atoms with E-state index in [9.17, 15) is 4.79 Å². The Hall–Kier alpha value is -0.950. The SMILES string of the molecule is CN=C(NCCCCSC)NC1CCN(CC(N)=O)CC1. The minimum absolute atomic E-state index is 0.246. The Labute approximate surface area is 132 Å². The highest BCUT2D eigenvalue weighted by molar-refractivity contribution is 7.98. The zero-order valence-corrected chi connectivity index (χ0v) is 14.0. The van der Waals surface area contributed by atoms with Gasteiger partial charge in [0.15, 0.2) is 5.96 Å². The molecule has 1 fully saturated rings. The van der Waals surface area contributed by atoms with Crippen LogP contribution in [-0.4, -0.2) is 68.0 Å². The molecule has 1 amide bonds. The number of unbranched alkanes of at least 4 members (excludes halogenated alkanes) is 1. The molecule has 1 rings (SSSR count). The van der Waals surface area contributed by atoms with Crippen LogP contribution in [0, 0.1) is 0 Å². The molecule has 0 aromatic rings. The molecular formula is C14H29N5OS. The van der Waals surface area contributed by atoms with Gasteiger partial charge in [-0.2, -0.15) is 11.8 Å². The molecule has 0 aromatic heterocycles. The van der Waals surface area contributed by atoms with E-state index in [1.807, 2.05) is 11.8 Å². The summed E-state index contributed by atoms with van der Waals surface area (Å²) >= 11 is 1.89. The molecule has 0 aliphatic carbocycles. The maximum absolute atomic E-state index is 10.9. The first-order valence-electron chi connectivity index (χ1n) is 7.62. The second-order valence-corrected chi connectivity index (χ2v) is 6.35. The number of nitrogens with zero attached hydrogens (tertiary/aromatic N) is 2. The first-order valence-corrected chi connectivity index (χ1v) is 9.02. The molecule has 4 N–H and O–H groups in total. The minimum Gasteiger partial charge on any atom is -0.369 e. The molecule has 0 unspecified atom stereocenters. The van der Waals surface area contributed by atoms with Gasteiger partial charge >= 0.3 is 0 Å². The van der Waals surface area contributed by atoms with Crippen molar-refractivity contribution in [2.45, 2.75) is 31.7 Å². The van der Waals surface area contributed by atoms with Crippen LogP contribution in [0.1, 0.15) is 25.7 Å². The Bertz CT molecular complexity index is 329. The van der Waals surface area contributed by atoms with Crippen molar-refractivity contribution in [2.75, 3.05) is 45.2 Å². The Kier molecular flexibility index (Phi) is 9.25. The van der Waals surface area contributed by atoms with Crippen molar-refractivity contribution >= 4 is 23.6 Å². The topological polar surface area (TPSA) is 82.8 Å². The third-order valence-electron chi connectivity index (χ3n) is 3.60. The number of carbonyl (C=O) groups is 1. The van der Waals surface area contributed by atoms with E-state index in [0.717, 1.165) is 38.4 Å². The third kappa shape index (κ3) is 8.16. The van der Waals surface area contributed by atoms with Crippen molar-refractivity contribution in [3.05, 3.63) is 0 Å². The first-order chi connectivity index (χ1) is 10.2. The molecule has 0 bridgehead atoms. The van der Waals surface area contributed by atoms with Gasteiger partial charge in [-0.3, -0.25) is 14.7 Å². The number of amides is 1. The van der Waals surface area contributed by atoms with Crippen LogP contribution in [0.15, 0.2) is 4.99 Å². The predicted octanol–water partition coefficient (Wildman–Crippen LogP) is 0.244. The van der Waals surface area contributed by atoms with Crippen LogP contribution < -0.4 is 16.4 Å². The Morgan fingerprint density at radius 2 is 2.10 bits per heavy atom. The summed E-state index contributed by atoms with van der Waals surface area (Å²) in [4.78, 5) is 17.3. The number of rotatable bonds is 8. The number of piperidine rings is 1. The lowest BCUT2D eigenvalue weighted by molar-refractivity contribution is -0.119. The number of hydrogen-bond donors (Lipinski definition) is 3. The van der Waals surface area contributed by atoms with Crippen molar-refractivity contribution in [1.29, 1.82) is 0 Å². The molecule has 1 aliphatic rings. The average molecular weight is 315 g/mol. The predicted molar refractivity (Wildman–Crippen MR) is 90.8 cm³/mol. The lowest BCUT2D eigenvalue weighted by Crippen LogP contribution is -2.49. The summed E-state index contributed by atoms with van der Waals surface area (Å²) < 4.78 is 0. The van der Waals surface area contributed by atoms with E-state index < -0.39 is 0 Å². The number of hydrogen-bond acceptors (Lipinski definition) is 4. The molecule has 0 saturated carbocycles. The zero-order chi connectivity index (χ0) is 15.5. The van der Waals surface area contributed by atoms with Crippen LogP contribution in [0.2, 0.25) is 0 Å². The highest BCUT2D eigenvalue weighted by atomic mass is 32.2. The van der Waals surface area contributed by atoms with Crippen molar-refractivity contribution in [3.8, 4) is 0 Å². The number of nitrogens with two attached hydrogens (primary N) is 1. The van der Waals surface area contributed by atoms with Gasteiger partial charge in [-0.15, -0.1) is 0 Å². The van der Waals surface area contributed by atoms with Gasteiger partial charge in [0.2, 0.25) is 5.91 Å². The zero-order valence-electron chi connectivity index (χ0n) is 13.2. The third-order valence-corrected chi connectivity index (χ3v) is 4.30. The summed E-state index contributed by atoms with van der Waals surface area (Å²) in [6.07, 6.45) is 6.56. The van der Waals surface area contributed by atoms with Gasteiger partial charge in [0.25, 0.3) is 0 Å². The van der Waals surface area contributed by atoms with Crippen molar-refractivity contribution in [2.24, 2.45) is 10.7 Å². The Morgan fingerprint density at radius 1 is 1.38 bits per heavy atom. The van der Waals surface area contributed by atoms with E-state index in [1.54, 1.807) is 7.05 Å². The number of nitrogens with one attached hydrogen (secondary N) is 2. The molecule has 7 heteroatoms. The van der Waals surface area contributed by atoms with Gasteiger partial charge in [-0.1, -0.05) is 0 Å². The Balaban J connectivity index is 2.18. The molecule has 0 spiro atoms. The molecule has 0 radical (unpaired) electrons. The molecule has 6 nitrogen and oxygen atoms in total. The van der Waals surface area contributed by atoms with Crippen molar-refractivity contribution < 1.29 is 4.79 Å². The summed E-state index contributed by atoms with van der Waals surface area (Å²) in [6, 6.07) is 0.423. The monoisotopic (exact) mass is 315 g/mol. The summed E-state index contributed by atoms with van der Waals surface area (Å²) in [7, 11) is 1.81. The molecule has 21 heavy (non-hydrogen) atoms. The van der Waals surface area contributed by atoms with Gasteiger partial charge < -0.3 is 16.4 Å². The van der Waals surface area contributed by atoms with E-state index in [2.05, 4.69) is 26.8 Å². The Morgan fingerprint density at radius 3 is 2.67 bits per heavy atom. The maximum Gasteiger partial charge on any atom is 0.231 e.